The second-order valence-electron chi connectivity index (χ2n) is 4.50. The Morgan fingerprint density at radius 1 is 1.71 bits per heavy atom. The molecule has 2 aliphatic heterocycles. The molecule has 2 aliphatic rings. The molecule has 2 rings (SSSR count). The lowest BCUT2D eigenvalue weighted by molar-refractivity contribution is -0.485. The van der Waals surface area contributed by atoms with Crippen LogP contribution in [0.3, 0.4) is 0 Å². The van der Waals surface area contributed by atoms with Crippen LogP contribution >= 0.6 is 0 Å². The largest absolute Gasteiger partial charge is 0.378 e. The van der Waals surface area contributed by atoms with Crippen molar-refractivity contribution in [2.24, 2.45) is 11.0 Å². The Balaban J connectivity index is 1.88. The number of hydrazone groups is 1. The first-order valence-electron chi connectivity index (χ1n) is 6.02. The van der Waals surface area contributed by atoms with E-state index in [0.29, 0.717) is 18.0 Å². The Kier molecular flexibility index (Phi) is 3.78. The van der Waals surface area contributed by atoms with Crippen molar-refractivity contribution in [3.63, 3.8) is 0 Å². The molecule has 0 aromatic rings. The van der Waals surface area contributed by atoms with Crippen LogP contribution in [-0.2, 0) is 4.74 Å². The summed E-state index contributed by atoms with van der Waals surface area (Å²) in [7, 11) is 0. The molecule has 2 unspecified atom stereocenters. The summed E-state index contributed by atoms with van der Waals surface area (Å²) in [4.78, 5) is 12.3. The molecule has 96 valence electrons. The van der Waals surface area contributed by atoms with E-state index in [2.05, 4.69) is 17.3 Å². The van der Waals surface area contributed by atoms with E-state index in [1.54, 1.807) is 0 Å². The lowest BCUT2D eigenvalue weighted by atomic mass is 10.0. The van der Waals surface area contributed by atoms with Crippen LogP contribution in [0.1, 0.15) is 19.8 Å². The number of hydrogen-bond acceptors (Lipinski definition) is 3. The maximum atomic E-state index is 10.4. The lowest BCUT2D eigenvalue weighted by Crippen LogP contribution is -2.35. The molecule has 0 radical (unpaired) electrons. The van der Waals surface area contributed by atoms with Crippen LogP contribution < -0.4 is 5.32 Å². The zero-order valence-corrected chi connectivity index (χ0v) is 9.96. The van der Waals surface area contributed by atoms with Gasteiger partial charge in [-0.25, -0.2) is 10.1 Å². The third-order valence-corrected chi connectivity index (χ3v) is 3.24. The molecule has 2 atom stereocenters. The highest BCUT2D eigenvalue weighted by molar-refractivity contribution is 5.81. The van der Waals surface area contributed by atoms with Gasteiger partial charge in [0, 0.05) is 25.6 Å². The van der Waals surface area contributed by atoms with Crippen LogP contribution in [0.5, 0.6) is 0 Å². The summed E-state index contributed by atoms with van der Waals surface area (Å²) in [5, 5.41) is 16.0. The molecule has 0 spiro atoms. The van der Waals surface area contributed by atoms with Crippen molar-refractivity contribution >= 4 is 5.96 Å². The number of nitro groups is 1. The molecular weight excluding hydrogens is 224 g/mol. The molecule has 1 N–H and O–H groups in total. The standard InChI is InChI=1S/C10H18N4O3/c1-2-9-5-8(7-17-9)6-13-4-3-11-10(13)12-14(15)16/h8-9H,2-7H2,1H3,(H,11,12). The van der Waals surface area contributed by atoms with Gasteiger partial charge in [0.1, 0.15) is 5.10 Å². The van der Waals surface area contributed by atoms with Crippen LogP contribution in [0.4, 0.5) is 0 Å². The van der Waals surface area contributed by atoms with Gasteiger partial charge < -0.3 is 15.0 Å². The smallest absolute Gasteiger partial charge is 0.271 e. The summed E-state index contributed by atoms with van der Waals surface area (Å²) < 4.78 is 5.62. The molecule has 7 heteroatoms. The quantitative estimate of drug-likeness (QED) is 0.565. The van der Waals surface area contributed by atoms with E-state index in [1.165, 1.54) is 0 Å². The maximum Gasteiger partial charge on any atom is 0.271 e. The summed E-state index contributed by atoms with van der Waals surface area (Å²) in [5.41, 5.74) is 0. The van der Waals surface area contributed by atoms with Crippen LogP contribution in [0, 0.1) is 16.0 Å². The highest BCUT2D eigenvalue weighted by Crippen LogP contribution is 2.23. The molecule has 2 saturated heterocycles. The average molecular weight is 242 g/mol. The van der Waals surface area contributed by atoms with Gasteiger partial charge in [-0.3, -0.25) is 0 Å². The number of hydrogen-bond donors (Lipinski definition) is 1. The normalized spacial score (nSPS) is 30.9. The number of rotatable bonds is 4. The summed E-state index contributed by atoms with van der Waals surface area (Å²) in [6.07, 6.45) is 2.43. The zero-order chi connectivity index (χ0) is 12.3. The Morgan fingerprint density at radius 3 is 3.18 bits per heavy atom. The van der Waals surface area contributed by atoms with Crippen LogP contribution in [0.15, 0.2) is 5.10 Å². The Bertz CT molecular complexity index is 321. The monoisotopic (exact) mass is 242 g/mol. The maximum absolute atomic E-state index is 10.4. The minimum absolute atomic E-state index is 0.353. The molecular formula is C10H18N4O3. The van der Waals surface area contributed by atoms with Crippen molar-refractivity contribution in [3.05, 3.63) is 10.1 Å². The SMILES string of the molecule is CCC1CC(CN2CCNC2=N[N+](=O)[O-])CO1. The molecule has 0 aromatic carbocycles. The Hall–Kier alpha value is -1.37. The fourth-order valence-electron chi connectivity index (χ4n) is 2.38. The predicted molar refractivity (Wildman–Crippen MR) is 62.1 cm³/mol. The fourth-order valence-corrected chi connectivity index (χ4v) is 2.38. The van der Waals surface area contributed by atoms with Gasteiger partial charge in [-0.15, -0.1) is 0 Å². The number of guanidine groups is 1. The van der Waals surface area contributed by atoms with E-state index in [1.807, 2.05) is 4.90 Å². The van der Waals surface area contributed by atoms with Crippen molar-refractivity contribution in [3.8, 4) is 0 Å². The number of nitrogens with one attached hydrogen (secondary N) is 1. The average Bonchev–Trinajstić information content (AvgIpc) is 2.89. The van der Waals surface area contributed by atoms with Crippen LogP contribution in [0.2, 0.25) is 0 Å². The van der Waals surface area contributed by atoms with Gasteiger partial charge in [0.25, 0.3) is 5.96 Å². The Morgan fingerprint density at radius 2 is 2.53 bits per heavy atom. The molecule has 0 amide bonds. The van der Waals surface area contributed by atoms with Crippen molar-refractivity contribution in [1.29, 1.82) is 0 Å². The molecule has 0 aromatic heterocycles. The van der Waals surface area contributed by atoms with Crippen molar-refractivity contribution in [2.45, 2.75) is 25.9 Å². The van der Waals surface area contributed by atoms with Gasteiger partial charge in [-0.1, -0.05) is 6.92 Å². The van der Waals surface area contributed by atoms with Crippen molar-refractivity contribution in [1.82, 2.24) is 10.2 Å². The molecule has 2 heterocycles. The van der Waals surface area contributed by atoms with Gasteiger partial charge in [0.2, 0.25) is 0 Å². The highest BCUT2D eigenvalue weighted by Gasteiger charge is 2.29. The van der Waals surface area contributed by atoms with E-state index >= 15 is 0 Å². The van der Waals surface area contributed by atoms with E-state index < -0.39 is 5.03 Å². The summed E-state index contributed by atoms with van der Waals surface area (Å²) in [5.74, 6) is 0.840. The minimum atomic E-state index is -0.652. The summed E-state index contributed by atoms with van der Waals surface area (Å²) in [6.45, 7) is 5.15. The summed E-state index contributed by atoms with van der Waals surface area (Å²) in [6, 6.07) is 0. The molecule has 7 nitrogen and oxygen atoms in total. The first-order chi connectivity index (χ1) is 8.19. The molecule has 2 fully saturated rings. The second kappa shape index (κ2) is 5.31. The van der Waals surface area contributed by atoms with E-state index in [-0.39, 0.29) is 0 Å². The number of ether oxygens (including phenoxy) is 1. The Labute approximate surface area is 100.0 Å². The molecule has 17 heavy (non-hydrogen) atoms. The predicted octanol–water partition coefficient (Wildman–Crippen LogP) is 0.254. The van der Waals surface area contributed by atoms with Gasteiger partial charge >= 0.3 is 0 Å². The highest BCUT2D eigenvalue weighted by atomic mass is 16.7. The lowest BCUT2D eigenvalue weighted by Gasteiger charge is -2.19. The van der Waals surface area contributed by atoms with Gasteiger partial charge in [-0.2, -0.15) is 0 Å². The summed E-state index contributed by atoms with van der Waals surface area (Å²) >= 11 is 0. The van der Waals surface area contributed by atoms with Gasteiger partial charge in [0.15, 0.2) is 5.03 Å². The molecule has 0 saturated carbocycles. The topological polar surface area (TPSA) is 80.0 Å². The van der Waals surface area contributed by atoms with Gasteiger partial charge in [-0.05, 0) is 12.8 Å². The van der Waals surface area contributed by atoms with Crippen LogP contribution in [0.25, 0.3) is 0 Å². The molecule has 0 aliphatic carbocycles. The first-order valence-corrected chi connectivity index (χ1v) is 6.02. The third-order valence-electron chi connectivity index (χ3n) is 3.24. The fraction of sp³-hybridized carbons (Fsp3) is 0.900. The van der Waals surface area contributed by atoms with E-state index in [4.69, 9.17) is 4.74 Å². The van der Waals surface area contributed by atoms with E-state index in [9.17, 15) is 10.1 Å². The minimum Gasteiger partial charge on any atom is -0.378 e. The van der Waals surface area contributed by atoms with E-state index in [0.717, 1.165) is 39.1 Å². The number of nitrogens with zero attached hydrogens (tertiary/aromatic N) is 3. The van der Waals surface area contributed by atoms with Crippen molar-refractivity contribution < 1.29 is 9.77 Å². The van der Waals surface area contributed by atoms with Gasteiger partial charge in [0.05, 0.1) is 12.7 Å². The van der Waals surface area contributed by atoms with Crippen molar-refractivity contribution in [2.75, 3.05) is 26.2 Å². The molecule has 0 bridgehead atoms. The van der Waals surface area contributed by atoms with Crippen LogP contribution in [-0.4, -0.2) is 48.2 Å². The first kappa shape index (κ1) is 12.1. The third kappa shape index (κ3) is 3.06. The zero-order valence-electron chi connectivity index (χ0n) is 9.96. The second-order valence-corrected chi connectivity index (χ2v) is 4.50.